The van der Waals surface area contributed by atoms with E-state index in [9.17, 15) is 9.59 Å². The molecule has 0 heterocycles. The Morgan fingerprint density at radius 3 is 2.25 bits per heavy atom. The van der Waals surface area contributed by atoms with Crippen molar-refractivity contribution in [3.05, 3.63) is 27.2 Å². The highest BCUT2D eigenvalue weighted by molar-refractivity contribution is 6.42. The second kappa shape index (κ2) is 7.54. The van der Waals surface area contributed by atoms with E-state index in [4.69, 9.17) is 45.0 Å². The molecule has 0 aliphatic heterocycles. The van der Waals surface area contributed by atoms with Crippen LogP contribution in [0.4, 0.5) is 10.5 Å². The predicted octanol–water partition coefficient (Wildman–Crippen LogP) is 2.60. The number of hydrogen-bond acceptors (Lipinski definition) is 3. The van der Waals surface area contributed by atoms with Crippen molar-refractivity contribution in [1.82, 2.24) is 5.32 Å². The van der Waals surface area contributed by atoms with Gasteiger partial charge in [-0.1, -0.05) is 34.8 Å². The Labute approximate surface area is 129 Å². The summed E-state index contributed by atoms with van der Waals surface area (Å²) in [7, 11) is 0. The van der Waals surface area contributed by atoms with Crippen molar-refractivity contribution >= 4 is 52.5 Å². The highest BCUT2D eigenvalue weighted by atomic mass is 35.5. The summed E-state index contributed by atoms with van der Waals surface area (Å²) in [5.41, 5.74) is 0.189. The van der Waals surface area contributed by atoms with Crippen molar-refractivity contribution < 1.29 is 19.8 Å². The first-order valence-electron chi connectivity index (χ1n) is 5.41. The van der Waals surface area contributed by atoms with Gasteiger partial charge in [0.1, 0.15) is 0 Å². The molecular weight excluding hydrogens is 330 g/mol. The van der Waals surface area contributed by atoms with Gasteiger partial charge in [-0.2, -0.15) is 0 Å². The fourth-order valence-electron chi connectivity index (χ4n) is 1.27. The molecule has 0 radical (unpaired) electrons. The molecule has 1 atom stereocenters. The van der Waals surface area contributed by atoms with Gasteiger partial charge in [0.2, 0.25) is 0 Å². The van der Waals surface area contributed by atoms with Crippen molar-refractivity contribution in [3.8, 4) is 0 Å². The minimum absolute atomic E-state index is 0.0257. The van der Waals surface area contributed by atoms with Crippen LogP contribution in [0.25, 0.3) is 0 Å². The standard InChI is InChI=1S/C11H11Cl3N2O4/c12-5-3-6(13)9(7(14)4-5)16-11(20)15-2-1-8(17)10(18)19/h3-4,8,17H,1-2H2,(H,18,19)(H2,15,16,20). The van der Waals surface area contributed by atoms with Crippen molar-refractivity contribution in [1.29, 1.82) is 0 Å². The number of aliphatic carboxylic acids is 1. The van der Waals surface area contributed by atoms with Gasteiger partial charge >= 0.3 is 12.0 Å². The number of carboxylic acid groups (broad SMARTS) is 1. The molecule has 0 spiro atoms. The third-order valence-corrected chi connectivity index (χ3v) is 3.05. The van der Waals surface area contributed by atoms with Crippen LogP contribution in [-0.2, 0) is 4.79 Å². The quantitative estimate of drug-likeness (QED) is 0.661. The van der Waals surface area contributed by atoms with Crippen molar-refractivity contribution in [2.45, 2.75) is 12.5 Å². The Morgan fingerprint density at radius 2 is 1.75 bits per heavy atom. The SMILES string of the molecule is O=C(NCCC(O)C(=O)O)Nc1c(Cl)cc(Cl)cc1Cl. The van der Waals surface area contributed by atoms with E-state index in [1.54, 1.807) is 0 Å². The molecule has 1 aromatic rings. The fraction of sp³-hybridized carbons (Fsp3) is 0.273. The van der Waals surface area contributed by atoms with Gasteiger partial charge in [0.05, 0.1) is 15.7 Å². The second-order valence-electron chi connectivity index (χ2n) is 3.77. The van der Waals surface area contributed by atoms with E-state index in [1.165, 1.54) is 12.1 Å². The van der Waals surface area contributed by atoms with Gasteiger partial charge in [-0.05, 0) is 12.1 Å². The smallest absolute Gasteiger partial charge is 0.332 e. The molecule has 6 nitrogen and oxygen atoms in total. The number of amides is 2. The Balaban J connectivity index is 2.53. The van der Waals surface area contributed by atoms with Crippen LogP contribution in [0, 0.1) is 0 Å². The number of rotatable bonds is 5. The number of carbonyl (C=O) groups excluding carboxylic acids is 1. The molecule has 1 aromatic carbocycles. The summed E-state index contributed by atoms with van der Waals surface area (Å²) in [5.74, 6) is -1.35. The third kappa shape index (κ3) is 5.05. The van der Waals surface area contributed by atoms with Crippen LogP contribution < -0.4 is 10.6 Å². The summed E-state index contributed by atoms with van der Waals surface area (Å²) < 4.78 is 0. The van der Waals surface area contributed by atoms with E-state index >= 15 is 0 Å². The van der Waals surface area contributed by atoms with E-state index in [-0.39, 0.29) is 28.7 Å². The molecule has 0 bridgehead atoms. The summed E-state index contributed by atoms with van der Waals surface area (Å²) in [6.45, 7) is -0.0257. The van der Waals surface area contributed by atoms with E-state index in [0.29, 0.717) is 5.02 Å². The van der Waals surface area contributed by atoms with Gasteiger partial charge in [-0.3, -0.25) is 0 Å². The van der Waals surface area contributed by atoms with Crippen LogP contribution in [0.1, 0.15) is 6.42 Å². The predicted molar refractivity (Wildman–Crippen MR) is 76.8 cm³/mol. The van der Waals surface area contributed by atoms with Crippen LogP contribution in [0.2, 0.25) is 15.1 Å². The fourth-order valence-corrected chi connectivity index (χ4v) is 2.18. The monoisotopic (exact) mass is 340 g/mol. The van der Waals surface area contributed by atoms with Crippen LogP contribution in [-0.4, -0.2) is 34.9 Å². The molecule has 4 N–H and O–H groups in total. The molecule has 0 aromatic heterocycles. The maximum absolute atomic E-state index is 11.6. The maximum Gasteiger partial charge on any atom is 0.332 e. The summed E-state index contributed by atoms with van der Waals surface area (Å²) >= 11 is 17.5. The normalized spacial score (nSPS) is 11.8. The van der Waals surface area contributed by atoms with E-state index in [1.807, 2.05) is 0 Å². The van der Waals surface area contributed by atoms with Gasteiger partial charge in [0.15, 0.2) is 6.10 Å². The lowest BCUT2D eigenvalue weighted by Gasteiger charge is -2.11. The molecule has 0 aliphatic rings. The average Bonchev–Trinajstić information content (AvgIpc) is 2.33. The zero-order chi connectivity index (χ0) is 15.3. The molecular formula is C11H11Cl3N2O4. The number of carboxylic acids is 1. The minimum atomic E-state index is -1.53. The van der Waals surface area contributed by atoms with Crippen LogP contribution in [0.15, 0.2) is 12.1 Å². The molecule has 1 rings (SSSR count). The van der Waals surface area contributed by atoms with Crippen molar-refractivity contribution in [2.75, 3.05) is 11.9 Å². The number of benzene rings is 1. The number of hydrogen-bond donors (Lipinski definition) is 4. The number of urea groups is 1. The zero-order valence-corrected chi connectivity index (χ0v) is 12.3. The Hall–Kier alpha value is -1.21. The van der Waals surface area contributed by atoms with Crippen LogP contribution in [0.5, 0.6) is 0 Å². The van der Waals surface area contributed by atoms with Gasteiger partial charge < -0.3 is 20.8 Å². The van der Waals surface area contributed by atoms with Crippen molar-refractivity contribution in [2.24, 2.45) is 0 Å². The first-order chi connectivity index (χ1) is 9.31. The number of halogens is 3. The van der Waals surface area contributed by atoms with Crippen LogP contribution in [0.3, 0.4) is 0 Å². The lowest BCUT2D eigenvalue weighted by atomic mass is 10.2. The lowest BCUT2D eigenvalue weighted by Crippen LogP contribution is -2.33. The Bertz CT molecular complexity index is 501. The van der Waals surface area contributed by atoms with Gasteiger partial charge in [-0.25, -0.2) is 9.59 Å². The number of aliphatic hydroxyl groups excluding tert-OH is 1. The van der Waals surface area contributed by atoms with Gasteiger partial charge in [0.25, 0.3) is 0 Å². The molecule has 0 saturated heterocycles. The Kier molecular flexibility index (Phi) is 6.35. The number of carbonyl (C=O) groups is 2. The number of nitrogens with one attached hydrogen (secondary N) is 2. The lowest BCUT2D eigenvalue weighted by molar-refractivity contribution is -0.146. The highest BCUT2D eigenvalue weighted by Gasteiger charge is 2.14. The van der Waals surface area contributed by atoms with Crippen molar-refractivity contribution in [3.63, 3.8) is 0 Å². The summed E-state index contributed by atoms with van der Waals surface area (Å²) in [6.07, 6.45) is -1.65. The van der Waals surface area contributed by atoms with Crippen LogP contribution >= 0.6 is 34.8 Å². The molecule has 110 valence electrons. The molecule has 20 heavy (non-hydrogen) atoms. The molecule has 1 unspecified atom stereocenters. The summed E-state index contributed by atoms with van der Waals surface area (Å²) in [6, 6.07) is 2.20. The molecule has 2 amide bonds. The topological polar surface area (TPSA) is 98.7 Å². The first-order valence-corrected chi connectivity index (χ1v) is 6.55. The summed E-state index contributed by atoms with van der Waals surface area (Å²) in [5, 5.41) is 22.9. The van der Waals surface area contributed by atoms with E-state index in [0.717, 1.165) is 0 Å². The van der Waals surface area contributed by atoms with Gasteiger partial charge in [-0.15, -0.1) is 0 Å². The highest BCUT2D eigenvalue weighted by Crippen LogP contribution is 2.33. The zero-order valence-electron chi connectivity index (χ0n) is 9.99. The first kappa shape index (κ1) is 16.8. The average molecular weight is 342 g/mol. The summed E-state index contributed by atoms with van der Waals surface area (Å²) in [4.78, 5) is 21.9. The molecule has 9 heteroatoms. The molecule has 0 aliphatic carbocycles. The molecule has 0 fully saturated rings. The van der Waals surface area contributed by atoms with Gasteiger partial charge in [0, 0.05) is 18.0 Å². The molecule has 0 saturated carbocycles. The second-order valence-corrected chi connectivity index (χ2v) is 5.02. The number of anilines is 1. The van der Waals surface area contributed by atoms with E-state index in [2.05, 4.69) is 10.6 Å². The van der Waals surface area contributed by atoms with E-state index < -0.39 is 18.1 Å². The Morgan fingerprint density at radius 1 is 1.20 bits per heavy atom. The largest absolute Gasteiger partial charge is 0.479 e. The maximum atomic E-state index is 11.6. The third-order valence-electron chi connectivity index (χ3n) is 2.23. The minimum Gasteiger partial charge on any atom is -0.479 e. The number of aliphatic hydroxyl groups is 1.